The zero-order valence-electron chi connectivity index (χ0n) is 12.6. The Kier molecular flexibility index (Phi) is 4.26. The van der Waals surface area contributed by atoms with Crippen LogP contribution in [0.2, 0.25) is 0 Å². The number of nitrogens with two attached hydrogens (primary N) is 1. The normalized spacial score (nSPS) is 11.2. The second kappa shape index (κ2) is 5.95. The molecule has 4 heteroatoms. The van der Waals surface area contributed by atoms with Gasteiger partial charge in [0.25, 0.3) is 0 Å². The summed E-state index contributed by atoms with van der Waals surface area (Å²) in [6.07, 6.45) is 3.45. The van der Waals surface area contributed by atoms with Crippen LogP contribution in [0.5, 0.6) is 0 Å². The van der Waals surface area contributed by atoms with Crippen molar-refractivity contribution < 1.29 is 9.53 Å². The lowest BCUT2D eigenvalue weighted by molar-refractivity contribution is 0.0460. The first-order valence-corrected chi connectivity index (χ1v) is 6.86. The largest absolute Gasteiger partial charge is 0.443 e. The van der Waals surface area contributed by atoms with E-state index >= 15 is 0 Å². The lowest BCUT2D eigenvalue weighted by Gasteiger charge is -2.24. The van der Waals surface area contributed by atoms with Gasteiger partial charge in [-0.1, -0.05) is 24.3 Å². The summed E-state index contributed by atoms with van der Waals surface area (Å²) in [6.45, 7) is 5.76. The van der Waals surface area contributed by atoms with Gasteiger partial charge in [-0.25, -0.2) is 4.79 Å². The Labute approximate surface area is 125 Å². The van der Waals surface area contributed by atoms with Crippen molar-refractivity contribution in [3.63, 3.8) is 0 Å². The Bertz CT molecular complexity index is 636. The maximum Gasteiger partial charge on any atom is 0.405 e. The summed E-state index contributed by atoms with van der Waals surface area (Å²) in [7, 11) is 0. The molecule has 0 saturated carbocycles. The van der Waals surface area contributed by atoms with Crippen LogP contribution in [-0.4, -0.2) is 16.7 Å². The molecule has 0 bridgehead atoms. The van der Waals surface area contributed by atoms with E-state index in [0.29, 0.717) is 6.42 Å². The molecular weight excluding hydrogens is 264 g/mol. The van der Waals surface area contributed by atoms with E-state index in [1.807, 2.05) is 38.2 Å². The third kappa shape index (κ3) is 4.05. The van der Waals surface area contributed by atoms with Gasteiger partial charge in [-0.15, -0.1) is 0 Å². The number of hydrogen-bond donors (Lipinski definition) is 1. The molecule has 0 fully saturated rings. The van der Waals surface area contributed by atoms with Gasteiger partial charge in [0.15, 0.2) is 0 Å². The molecule has 0 aliphatic heterocycles. The van der Waals surface area contributed by atoms with E-state index in [1.165, 1.54) is 5.56 Å². The van der Waals surface area contributed by atoms with Crippen LogP contribution in [0.25, 0.3) is 11.1 Å². The standard InChI is InChI=1S/C17H20N2O2/c1-12-6-7-13(10-17(2,3)21-16(18)20)9-15(12)14-5-4-8-19-11-14/h4-9,11H,10H2,1-3H3,(H2,18,20). The first-order chi connectivity index (χ1) is 9.87. The van der Waals surface area contributed by atoms with Gasteiger partial charge in [0.05, 0.1) is 0 Å². The van der Waals surface area contributed by atoms with Gasteiger partial charge in [-0.3, -0.25) is 4.98 Å². The number of ether oxygens (including phenoxy) is 1. The van der Waals surface area contributed by atoms with Crippen LogP contribution in [0.4, 0.5) is 4.79 Å². The number of carbonyl (C=O) groups is 1. The van der Waals surface area contributed by atoms with E-state index in [0.717, 1.165) is 16.7 Å². The molecule has 21 heavy (non-hydrogen) atoms. The van der Waals surface area contributed by atoms with Crippen LogP contribution in [-0.2, 0) is 11.2 Å². The number of pyridine rings is 1. The van der Waals surface area contributed by atoms with Gasteiger partial charge in [-0.2, -0.15) is 0 Å². The van der Waals surface area contributed by atoms with E-state index in [1.54, 1.807) is 6.20 Å². The molecule has 0 radical (unpaired) electrons. The number of benzene rings is 1. The zero-order valence-corrected chi connectivity index (χ0v) is 12.6. The highest BCUT2D eigenvalue weighted by Crippen LogP contribution is 2.26. The number of amides is 1. The fourth-order valence-corrected chi connectivity index (χ4v) is 2.41. The highest BCUT2D eigenvalue weighted by molar-refractivity contribution is 5.67. The molecule has 1 heterocycles. The van der Waals surface area contributed by atoms with Crippen molar-refractivity contribution in [2.75, 3.05) is 0 Å². The molecule has 0 atom stereocenters. The Morgan fingerprint density at radius 2 is 2.10 bits per heavy atom. The first kappa shape index (κ1) is 15.0. The first-order valence-electron chi connectivity index (χ1n) is 6.86. The summed E-state index contributed by atoms with van der Waals surface area (Å²) in [4.78, 5) is 15.1. The predicted molar refractivity (Wildman–Crippen MR) is 82.9 cm³/mol. The molecule has 0 saturated heterocycles. The van der Waals surface area contributed by atoms with E-state index < -0.39 is 11.7 Å². The number of primary amides is 1. The summed E-state index contributed by atoms with van der Waals surface area (Å²) in [5.41, 5.74) is 8.95. The molecule has 1 amide bonds. The molecular formula is C17H20N2O2. The van der Waals surface area contributed by atoms with Crippen LogP contribution < -0.4 is 5.73 Å². The highest BCUT2D eigenvalue weighted by atomic mass is 16.6. The molecule has 0 aliphatic carbocycles. The molecule has 2 rings (SSSR count). The van der Waals surface area contributed by atoms with E-state index in [9.17, 15) is 4.79 Å². The van der Waals surface area contributed by atoms with Crippen LogP contribution in [0.3, 0.4) is 0 Å². The fraction of sp³-hybridized carbons (Fsp3) is 0.294. The average molecular weight is 284 g/mol. The molecule has 4 nitrogen and oxygen atoms in total. The predicted octanol–water partition coefficient (Wildman–Crippen LogP) is 3.47. The zero-order chi connectivity index (χ0) is 15.5. The van der Waals surface area contributed by atoms with Crippen molar-refractivity contribution in [1.29, 1.82) is 0 Å². The molecule has 2 N–H and O–H groups in total. The summed E-state index contributed by atoms with van der Waals surface area (Å²) in [6, 6.07) is 10.2. The van der Waals surface area contributed by atoms with E-state index in [4.69, 9.17) is 10.5 Å². The number of nitrogens with zero attached hydrogens (tertiary/aromatic N) is 1. The minimum Gasteiger partial charge on any atom is -0.443 e. The molecule has 2 aromatic rings. The van der Waals surface area contributed by atoms with Crippen LogP contribution in [0.15, 0.2) is 42.7 Å². The fourth-order valence-electron chi connectivity index (χ4n) is 2.41. The number of hydrogen-bond acceptors (Lipinski definition) is 3. The Hall–Kier alpha value is -2.36. The lowest BCUT2D eigenvalue weighted by atomic mass is 9.93. The Morgan fingerprint density at radius 1 is 1.33 bits per heavy atom. The van der Waals surface area contributed by atoms with Gasteiger partial charge in [0, 0.05) is 24.4 Å². The summed E-state index contributed by atoms with van der Waals surface area (Å²) < 4.78 is 5.14. The molecule has 0 spiro atoms. The highest BCUT2D eigenvalue weighted by Gasteiger charge is 2.22. The van der Waals surface area contributed by atoms with Crippen LogP contribution in [0, 0.1) is 6.92 Å². The van der Waals surface area contributed by atoms with E-state index in [-0.39, 0.29) is 0 Å². The lowest BCUT2D eigenvalue weighted by Crippen LogP contribution is -2.33. The van der Waals surface area contributed by atoms with Crippen molar-refractivity contribution in [3.8, 4) is 11.1 Å². The van der Waals surface area contributed by atoms with E-state index in [2.05, 4.69) is 24.0 Å². The SMILES string of the molecule is Cc1ccc(CC(C)(C)OC(N)=O)cc1-c1cccnc1. The monoisotopic (exact) mass is 284 g/mol. The van der Waals surface area contributed by atoms with Gasteiger partial charge in [0.2, 0.25) is 0 Å². The minimum absolute atomic E-state index is 0.601. The number of aromatic nitrogens is 1. The quantitative estimate of drug-likeness (QED) is 0.934. The minimum atomic E-state index is -0.750. The second-order valence-corrected chi connectivity index (χ2v) is 5.75. The topological polar surface area (TPSA) is 65.2 Å². The maximum atomic E-state index is 10.9. The summed E-state index contributed by atoms with van der Waals surface area (Å²) >= 11 is 0. The van der Waals surface area contributed by atoms with Crippen molar-refractivity contribution in [3.05, 3.63) is 53.9 Å². The van der Waals surface area contributed by atoms with Gasteiger partial charge >= 0.3 is 6.09 Å². The summed E-state index contributed by atoms with van der Waals surface area (Å²) in [5, 5.41) is 0. The Morgan fingerprint density at radius 3 is 2.71 bits per heavy atom. The summed E-state index contributed by atoms with van der Waals surface area (Å²) in [5.74, 6) is 0. The maximum absolute atomic E-state index is 10.9. The van der Waals surface area contributed by atoms with Gasteiger partial charge in [-0.05, 0) is 43.5 Å². The number of rotatable bonds is 4. The van der Waals surface area contributed by atoms with Gasteiger partial charge in [0.1, 0.15) is 5.60 Å². The van der Waals surface area contributed by atoms with Gasteiger partial charge < -0.3 is 10.5 Å². The van der Waals surface area contributed by atoms with Crippen molar-refractivity contribution in [2.45, 2.75) is 32.8 Å². The average Bonchev–Trinajstić information content (AvgIpc) is 2.40. The molecule has 1 aromatic carbocycles. The second-order valence-electron chi connectivity index (χ2n) is 5.75. The molecule has 110 valence electrons. The van der Waals surface area contributed by atoms with Crippen molar-refractivity contribution >= 4 is 6.09 Å². The molecule has 0 unspecified atom stereocenters. The molecule has 1 aromatic heterocycles. The van der Waals surface area contributed by atoms with Crippen molar-refractivity contribution in [1.82, 2.24) is 4.98 Å². The van der Waals surface area contributed by atoms with Crippen molar-refractivity contribution in [2.24, 2.45) is 5.73 Å². The molecule has 0 aliphatic rings. The third-order valence-corrected chi connectivity index (χ3v) is 3.28. The Balaban J connectivity index is 2.29. The van der Waals surface area contributed by atoms with Crippen LogP contribution >= 0.6 is 0 Å². The van der Waals surface area contributed by atoms with Crippen LogP contribution in [0.1, 0.15) is 25.0 Å². The third-order valence-electron chi connectivity index (χ3n) is 3.28. The number of aryl methyl sites for hydroxylation is 1. The number of carbonyl (C=O) groups excluding carboxylic acids is 1. The smallest absolute Gasteiger partial charge is 0.405 e.